The zero-order valence-electron chi connectivity index (χ0n) is 10.2. The molecule has 2 rings (SSSR count). The first-order valence-corrected chi connectivity index (χ1v) is 5.60. The maximum atomic E-state index is 11.7. The van der Waals surface area contributed by atoms with Crippen LogP contribution in [0, 0.1) is 5.41 Å². The van der Waals surface area contributed by atoms with Gasteiger partial charge in [0.15, 0.2) is 0 Å². The Hall–Kier alpha value is -2.17. The monoisotopic (exact) mass is 246 g/mol. The number of carboxylic acid groups (broad SMARTS) is 1. The van der Waals surface area contributed by atoms with Gasteiger partial charge in [-0.25, -0.2) is 9.78 Å². The van der Waals surface area contributed by atoms with Gasteiger partial charge in [-0.2, -0.15) is 0 Å². The van der Waals surface area contributed by atoms with Crippen LogP contribution in [-0.2, 0) is 16.0 Å². The molecule has 0 radical (unpaired) electrons. The fraction of sp³-hybridized carbons (Fsp3) is 0.308. The smallest absolute Gasteiger partial charge is 0.328 e. The molecule has 1 aromatic rings. The molecule has 0 aliphatic carbocycles. The lowest BCUT2D eigenvalue weighted by Gasteiger charge is -2.29. The third kappa shape index (κ3) is 2.40. The quantitative estimate of drug-likeness (QED) is 0.778. The third-order valence-electron chi connectivity index (χ3n) is 2.89. The second-order valence-electron chi connectivity index (χ2n) is 4.96. The van der Waals surface area contributed by atoms with Gasteiger partial charge in [0.1, 0.15) is 5.82 Å². The first-order valence-electron chi connectivity index (χ1n) is 5.60. The third-order valence-corrected chi connectivity index (χ3v) is 2.89. The minimum Gasteiger partial charge on any atom is -0.478 e. The highest BCUT2D eigenvalue weighted by atomic mass is 16.4. The molecule has 0 spiro atoms. The molecule has 0 atom stereocenters. The number of anilines is 1. The topological polar surface area (TPSA) is 79.3 Å². The van der Waals surface area contributed by atoms with Gasteiger partial charge in [-0.1, -0.05) is 13.8 Å². The minimum atomic E-state index is -0.999. The Labute approximate surface area is 105 Å². The van der Waals surface area contributed by atoms with E-state index in [9.17, 15) is 9.59 Å². The summed E-state index contributed by atoms with van der Waals surface area (Å²) in [5.74, 6) is -0.482. The highest BCUT2D eigenvalue weighted by Crippen LogP contribution is 2.32. The van der Waals surface area contributed by atoms with Crippen molar-refractivity contribution in [1.82, 2.24) is 4.98 Å². The normalized spacial score (nSPS) is 17.3. The molecular weight excluding hydrogens is 232 g/mol. The zero-order chi connectivity index (χ0) is 13.3. The van der Waals surface area contributed by atoms with Crippen molar-refractivity contribution >= 4 is 23.8 Å². The molecule has 1 amide bonds. The first-order chi connectivity index (χ1) is 8.38. The molecule has 2 heterocycles. The summed E-state index contributed by atoms with van der Waals surface area (Å²) in [5, 5.41) is 11.3. The molecule has 94 valence electrons. The number of amides is 1. The number of aliphatic carboxylic acids is 1. The van der Waals surface area contributed by atoms with Crippen molar-refractivity contribution in [1.29, 1.82) is 0 Å². The molecule has 0 saturated carbocycles. The van der Waals surface area contributed by atoms with Gasteiger partial charge in [0.05, 0.1) is 0 Å². The fourth-order valence-electron chi connectivity index (χ4n) is 1.87. The van der Waals surface area contributed by atoms with E-state index in [0.717, 1.165) is 11.6 Å². The number of fused-ring (bicyclic) bond motifs is 1. The summed E-state index contributed by atoms with van der Waals surface area (Å²) in [4.78, 5) is 26.3. The summed E-state index contributed by atoms with van der Waals surface area (Å²) in [5.41, 5.74) is 1.17. The average Bonchev–Trinajstić information content (AvgIpc) is 2.27. The summed E-state index contributed by atoms with van der Waals surface area (Å²) < 4.78 is 0. The molecule has 0 saturated heterocycles. The fourth-order valence-corrected chi connectivity index (χ4v) is 1.87. The van der Waals surface area contributed by atoms with Crippen LogP contribution in [0.2, 0.25) is 0 Å². The van der Waals surface area contributed by atoms with Gasteiger partial charge < -0.3 is 10.4 Å². The predicted octanol–water partition coefficient (Wildman–Crippen LogP) is 1.70. The van der Waals surface area contributed by atoms with E-state index in [4.69, 9.17) is 5.11 Å². The Morgan fingerprint density at radius 1 is 1.56 bits per heavy atom. The van der Waals surface area contributed by atoms with Crippen molar-refractivity contribution in [3.05, 3.63) is 29.5 Å². The highest BCUT2D eigenvalue weighted by molar-refractivity contribution is 5.97. The van der Waals surface area contributed by atoms with Crippen LogP contribution < -0.4 is 5.32 Å². The zero-order valence-corrected chi connectivity index (χ0v) is 10.2. The number of nitrogens with one attached hydrogen (secondary N) is 1. The van der Waals surface area contributed by atoms with E-state index in [1.807, 2.05) is 19.9 Å². The SMILES string of the molecule is CC1(C)Cc2cc(/C=C/C(=O)O)cnc2NC1=O. The van der Waals surface area contributed by atoms with Gasteiger partial charge in [-0.15, -0.1) is 0 Å². The van der Waals surface area contributed by atoms with Gasteiger partial charge in [0.2, 0.25) is 5.91 Å². The molecule has 0 aromatic carbocycles. The molecule has 18 heavy (non-hydrogen) atoms. The standard InChI is InChI=1S/C13H14N2O3/c1-13(2)6-9-5-8(3-4-10(16)17)7-14-11(9)15-12(13)18/h3-5,7H,6H2,1-2H3,(H,16,17)(H,14,15,18)/b4-3+. The largest absolute Gasteiger partial charge is 0.478 e. The van der Waals surface area contributed by atoms with Crippen LogP contribution in [0.1, 0.15) is 25.0 Å². The Bertz CT molecular complexity index is 547. The van der Waals surface area contributed by atoms with Gasteiger partial charge in [-0.3, -0.25) is 4.79 Å². The maximum Gasteiger partial charge on any atom is 0.328 e. The minimum absolute atomic E-state index is 0.0451. The molecule has 1 aliphatic rings. The lowest BCUT2D eigenvalue weighted by atomic mass is 9.82. The van der Waals surface area contributed by atoms with E-state index in [1.54, 1.807) is 0 Å². The highest BCUT2D eigenvalue weighted by Gasteiger charge is 2.33. The number of hydrogen-bond donors (Lipinski definition) is 2. The van der Waals surface area contributed by atoms with Gasteiger partial charge in [-0.05, 0) is 29.7 Å². The van der Waals surface area contributed by atoms with Crippen LogP contribution in [0.25, 0.3) is 6.08 Å². The van der Waals surface area contributed by atoms with Crippen LogP contribution in [0.4, 0.5) is 5.82 Å². The Morgan fingerprint density at radius 3 is 2.94 bits per heavy atom. The van der Waals surface area contributed by atoms with E-state index in [2.05, 4.69) is 10.3 Å². The number of carbonyl (C=O) groups is 2. The van der Waals surface area contributed by atoms with E-state index in [0.29, 0.717) is 17.8 Å². The Kier molecular flexibility index (Phi) is 2.90. The summed E-state index contributed by atoms with van der Waals surface area (Å²) in [6.45, 7) is 3.73. The lowest BCUT2D eigenvalue weighted by Crippen LogP contribution is -2.37. The lowest BCUT2D eigenvalue weighted by molar-refractivity contribution is -0.131. The molecule has 0 unspecified atom stereocenters. The van der Waals surface area contributed by atoms with Gasteiger partial charge in [0, 0.05) is 17.7 Å². The van der Waals surface area contributed by atoms with E-state index >= 15 is 0 Å². The molecule has 0 fully saturated rings. The van der Waals surface area contributed by atoms with Crippen molar-refractivity contribution in [3.63, 3.8) is 0 Å². The van der Waals surface area contributed by atoms with Crippen molar-refractivity contribution < 1.29 is 14.7 Å². The van der Waals surface area contributed by atoms with E-state index in [1.165, 1.54) is 12.3 Å². The number of carbonyl (C=O) groups excluding carboxylic acids is 1. The van der Waals surface area contributed by atoms with Gasteiger partial charge >= 0.3 is 5.97 Å². The number of hydrogen-bond acceptors (Lipinski definition) is 3. The summed E-state index contributed by atoms with van der Waals surface area (Å²) in [6, 6.07) is 1.85. The Morgan fingerprint density at radius 2 is 2.28 bits per heavy atom. The second-order valence-corrected chi connectivity index (χ2v) is 4.96. The molecule has 5 heteroatoms. The van der Waals surface area contributed by atoms with Crippen LogP contribution >= 0.6 is 0 Å². The van der Waals surface area contributed by atoms with E-state index in [-0.39, 0.29) is 5.91 Å². The van der Waals surface area contributed by atoms with Crippen LogP contribution in [0.3, 0.4) is 0 Å². The van der Waals surface area contributed by atoms with Crippen LogP contribution in [-0.4, -0.2) is 22.0 Å². The number of pyridine rings is 1. The van der Waals surface area contributed by atoms with Crippen LogP contribution in [0.15, 0.2) is 18.3 Å². The van der Waals surface area contributed by atoms with Crippen LogP contribution in [0.5, 0.6) is 0 Å². The number of aromatic nitrogens is 1. The Balaban J connectivity index is 2.33. The average molecular weight is 246 g/mol. The van der Waals surface area contributed by atoms with Crippen molar-refractivity contribution in [2.75, 3.05) is 5.32 Å². The molecule has 1 aromatic heterocycles. The summed E-state index contributed by atoms with van der Waals surface area (Å²) in [6.07, 6.45) is 4.68. The second kappa shape index (κ2) is 4.25. The molecule has 0 bridgehead atoms. The van der Waals surface area contributed by atoms with E-state index < -0.39 is 11.4 Å². The molecular formula is C13H14N2O3. The summed E-state index contributed by atoms with van der Waals surface area (Å²) in [7, 11) is 0. The van der Waals surface area contributed by atoms with Gasteiger partial charge in [0.25, 0.3) is 0 Å². The molecule has 1 aliphatic heterocycles. The molecule has 5 nitrogen and oxygen atoms in total. The number of carboxylic acids is 1. The van der Waals surface area contributed by atoms with Crippen molar-refractivity contribution in [2.45, 2.75) is 20.3 Å². The maximum absolute atomic E-state index is 11.7. The van der Waals surface area contributed by atoms with Crippen molar-refractivity contribution in [2.24, 2.45) is 5.41 Å². The number of rotatable bonds is 2. The molecule has 2 N–H and O–H groups in total. The number of nitrogens with zero attached hydrogens (tertiary/aromatic N) is 1. The predicted molar refractivity (Wildman–Crippen MR) is 67.0 cm³/mol. The first kappa shape index (κ1) is 12.3. The van der Waals surface area contributed by atoms with Crippen molar-refractivity contribution in [3.8, 4) is 0 Å². The summed E-state index contributed by atoms with van der Waals surface area (Å²) >= 11 is 0.